The fourth-order valence-corrected chi connectivity index (χ4v) is 5.28. The maximum atomic E-state index is 6.33. The smallest absolute Gasteiger partial charge is 0.146 e. The molecule has 31 heavy (non-hydrogen) atoms. The van der Waals surface area contributed by atoms with E-state index in [1.54, 1.807) is 13.4 Å². The Morgan fingerprint density at radius 3 is 2.48 bits per heavy atom. The molecule has 1 saturated carbocycles. The fourth-order valence-electron chi connectivity index (χ4n) is 5.28. The minimum absolute atomic E-state index is 0.444. The van der Waals surface area contributed by atoms with Crippen LogP contribution in [0.25, 0.3) is 22.2 Å². The van der Waals surface area contributed by atoms with Gasteiger partial charge in [0.1, 0.15) is 23.5 Å². The summed E-state index contributed by atoms with van der Waals surface area (Å²) in [5, 5.41) is 0.942. The van der Waals surface area contributed by atoms with Crippen molar-refractivity contribution in [3.63, 3.8) is 0 Å². The Hall–Kier alpha value is -2.64. The SMILES string of the molecule is COc1cccc(-c2cn(C3CCC(N4CCN(C)CC4)CC3)c3ncnc(N)c23)c1. The highest BCUT2D eigenvalue weighted by molar-refractivity contribution is 6.00. The molecule has 0 bridgehead atoms. The number of fused-ring (bicyclic) bond motifs is 1. The predicted molar refractivity (Wildman–Crippen MR) is 124 cm³/mol. The van der Waals surface area contributed by atoms with Crippen molar-refractivity contribution in [2.24, 2.45) is 0 Å². The minimum atomic E-state index is 0.444. The van der Waals surface area contributed by atoms with Crippen LogP contribution in [-0.2, 0) is 0 Å². The van der Waals surface area contributed by atoms with E-state index in [4.69, 9.17) is 10.5 Å². The monoisotopic (exact) mass is 420 g/mol. The van der Waals surface area contributed by atoms with Gasteiger partial charge in [-0.3, -0.25) is 4.90 Å². The van der Waals surface area contributed by atoms with Crippen LogP contribution in [0.15, 0.2) is 36.8 Å². The average Bonchev–Trinajstić information content (AvgIpc) is 3.21. The van der Waals surface area contributed by atoms with Gasteiger partial charge in [-0.15, -0.1) is 0 Å². The zero-order chi connectivity index (χ0) is 21.4. The molecule has 2 fully saturated rings. The number of anilines is 1. The number of benzene rings is 1. The summed E-state index contributed by atoms with van der Waals surface area (Å²) in [6, 6.07) is 9.28. The number of piperazine rings is 1. The first kappa shape index (κ1) is 20.3. The Morgan fingerprint density at radius 2 is 1.74 bits per heavy atom. The van der Waals surface area contributed by atoms with E-state index in [0.717, 1.165) is 27.9 Å². The first-order valence-electron chi connectivity index (χ1n) is 11.3. The summed E-state index contributed by atoms with van der Waals surface area (Å²) in [6.07, 6.45) is 8.63. The molecule has 2 aromatic heterocycles. The van der Waals surface area contributed by atoms with Gasteiger partial charge < -0.3 is 19.9 Å². The van der Waals surface area contributed by atoms with Gasteiger partial charge in [-0.25, -0.2) is 9.97 Å². The van der Waals surface area contributed by atoms with Crippen molar-refractivity contribution < 1.29 is 4.74 Å². The van der Waals surface area contributed by atoms with Crippen LogP contribution in [-0.4, -0.2) is 70.7 Å². The Bertz CT molecular complexity index is 1050. The van der Waals surface area contributed by atoms with Gasteiger partial charge in [0.05, 0.1) is 12.5 Å². The van der Waals surface area contributed by atoms with E-state index in [9.17, 15) is 0 Å². The molecule has 5 rings (SSSR count). The Kier molecular flexibility index (Phi) is 5.54. The standard InChI is InChI=1S/C24H32N6O/c1-28-10-12-29(13-11-28)18-6-8-19(9-7-18)30-15-21(17-4-3-5-20(14-17)31-2)22-23(25)26-16-27-24(22)30/h3-5,14-16,18-19H,6-13H2,1-2H3,(H2,25,26,27). The second kappa shape index (κ2) is 8.48. The molecular formula is C24H32N6O. The lowest BCUT2D eigenvalue weighted by Crippen LogP contribution is -2.49. The number of nitrogen functional groups attached to an aromatic ring is 1. The van der Waals surface area contributed by atoms with Crippen LogP contribution in [0.3, 0.4) is 0 Å². The normalized spacial score (nSPS) is 23.3. The van der Waals surface area contributed by atoms with E-state index in [2.05, 4.69) is 49.7 Å². The summed E-state index contributed by atoms with van der Waals surface area (Å²) in [4.78, 5) is 14.1. The highest BCUT2D eigenvalue weighted by Crippen LogP contribution is 2.39. The molecule has 7 heteroatoms. The molecule has 3 aromatic rings. The quantitative estimate of drug-likeness (QED) is 0.697. The zero-order valence-corrected chi connectivity index (χ0v) is 18.5. The molecule has 0 radical (unpaired) electrons. The maximum absolute atomic E-state index is 6.33. The number of methoxy groups -OCH3 is 1. The van der Waals surface area contributed by atoms with E-state index >= 15 is 0 Å². The summed E-state index contributed by atoms with van der Waals surface area (Å²) in [5.74, 6) is 1.37. The van der Waals surface area contributed by atoms with E-state index in [1.165, 1.54) is 51.9 Å². The van der Waals surface area contributed by atoms with E-state index in [1.807, 2.05) is 12.1 Å². The zero-order valence-electron chi connectivity index (χ0n) is 18.5. The van der Waals surface area contributed by atoms with Crippen molar-refractivity contribution in [1.82, 2.24) is 24.3 Å². The van der Waals surface area contributed by atoms with Gasteiger partial charge in [0.25, 0.3) is 0 Å². The van der Waals surface area contributed by atoms with Crippen LogP contribution in [0.4, 0.5) is 5.82 Å². The highest BCUT2D eigenvalue weighted by atomic mass is 16.5. The molecule has 0 unspecified atom stereocenters. The van der Waals surface area contributed by atoms with Crippen LogP contribution >= 0.6 is 0 Å². The molecule has 2 aliphatic rings. The second-order valence-electron chi connectivity index (χ2n) is 8.94. The van der Waals surface area contributed by atoms with E-state index in [0.29, 0.717) is 17.9 Å². The molecular weight excluding hydrogens is 388 g/mol. The van der Waals surface area contributed by atoms with Gasteiger partial charge in [0, 0.05) is 50.0 Å². The van der Waals surface area contributed by atoms with Crippen LogP contribution in [0, 0.1) is 0 Å². The van der Waals surface area contributed by atoms with Gasteiger partial charge in [-0.2, -0.15) is 0 Å². The van der Waals surface area contributed by atoms with Crippen molar-refractivity contribution in [1.29, 1.82) is 0 Å². The van der Waals surface area contributed by atoms with Crippen molar-refractivity contribution in [2.45, 2.75) is 37.8 Å². The lowest BCUT2D eigenvalue weighted by Gasteiger charge is -2.41. The number of rotatable bonds is 4. The van der Waals surface area contributed by atoms with Crippen LogP contribution in [0.2, 0.25) is 0 Å². The molecule has 0 spiro atoms. The number of nitrogens with zero attached hydrogens (tertiary/aromatic N) is 5. The lowest BCUT2D eigenvalue weighted by atomic mass is 9.89. The van der Waals surface area contributed by atoms with Gasteiger partial charge in [-0.1, -0.05) is 12.1 Å². The predicted octanol–water partition coefficient (Wildman–Crippen LogP) is 3.42. The molecule has 7 nitrogen and oxygen atoms in total. The molecule has 3 heterocycles. The third-order valence-electron chi connectivity index (χ3n) is 7.13. The number of hydrogen-bond acceptors (Lipinski definition) is 6. The van der Waals surface area contributed by atoms with Crippen molar-refractivity contribution >= 4 is 16.9 Å². The first-order valence-corrected chi connectivity index (χ1v) is 11.3. The second-order valence-corrected chi connectivity index (χ2v) is 8.94. The third kappa shape index (κ3) is 3.88. The third-order valence-corrected chi connectivity index (χ3v) is 7.13. The van der Waals surface area contributed by atoms with E-state index < -0.39 is 0 Å². The van der Waals surface area contributed by atoms with Gasteiger partial charge >= 0.3 is 0 Å². The summed E-state index contributed by atoms with van der Waals surface area (Å²) in [7, 11) is 3.91. The number of hydrogen-bond donors (Lipinski definition) is 1. The minimum Gasteiger partial charge on any atom is -0.497 e. The van der Waals surface area contributed by atoms with Crippen molar-refractivity contribution in [3.8, 4) is 16.9 Å². The Labute approximate surface area is 183 Å². The van der Waals surface area contributed by atoms with Gasteiger partial charge in [0.15, 0.2) is 0 Å². The number of nitrogens with two attached hydrogens (primary N) is 1. The fraction of sp³-hybridized carbons (Fsp3) is 0.500. The molecule has 1 aliphatic heterocycles. The molecule has 1 aliphatic carbocycles. The molecule has 0 atom stereocenters. The van der Waals surface area contributed by atoms with Gasteiger partial charge in [0.2, 0.25) is 0 Å². The van der Waals surface area contributed by atoms with Gasteiger partial charge in [-0.05, 0) is 50.4 Å². The molecule has 0 amide bonds. The molecule has 164 valence electrons. The summed E-state index contributed by atoms with van der Waals surface area (Å²) < 4.78 is 7.79. The first-order chi connectivity index (χ1) is 15.1. The number of likely N-dealkylation sites (N-methyl/N-ethyl adjacent to an activating group) is 1. The van der Waals surface area contributed by atoms with Crippen LogP contribution in [0.5, 0.6) is 5.75 Å². The topological polar surface area (TPSA) is 72.4 Å². The average molecular weight is 421 g/mol. The van der Waals surface area contributed by atoms with Crippen LogP contribution in [0.1, 0.15) is 31.7 Å². The lowest BCUT2D eigenvalue weighted by molar-refractivity contribution is 0.0828. The van der Waals surface area contributed by atoms with Crippen molar-refractivity contribution in [2.75, 3.05) is 46.1 Å². The number of aromatic nitrogens is 3. The molecule has 1 aromatic carbocycles. The Morgan fingerprint density at radius 1 is 1.00 bits per heavy atom. The molecule has 1 saturated heterocycles. The summed E-state index contributed by atoms with van der Waals surface area (Å²) in [5.41, 5.74) is 9.43. The van der Waals surface area contributed by atoms with Crippen LogP contribution < -0.4 is 10.5 Å². The van der Waals surface area contributed by atoms with Crippen molar-refractivity contribution in [3.05, 3.63) is 36.8 Å². The largest absolute Gasteiger partial charge is 0.497 e. The number of ether oxygens (including phenoxy) is 1. The molecule has 2 N–H and O–H groups in total. The highest BCUT2D eigenvalue weighted by Gasteiger charge is 2.29. The maximum Gasteiger partial charge on any atom is 0.146 e. The van der Waals surface area contributed by atoms with E-state index in [-0.39, 0.29) is 0 Å². The summed E-state index contributed by atoms with van der Waals surface area (Å²) in [6.45, 7) is 4.76. The summed E-state index contributed by atoms with van der Waals surface area (Å²) >= 11 is 0. The Balaban J connectivity index is 1.43.